The van der Waals surface area contributed by atoms with Gasteiger partial charge in [-0.05, 0) is 31.0 Å². The van der Waals surface area contributed by atoms with E-state index in [1.54, 1.807) is 24.7 Å². The fourth-order valence-corrected chi connectivity index (χ4v) is 3.70. The average molecular weight is 389 g/mol. The first-order valence-electron chi connectivity index (χ1n) is 9.53. The fourth-order valence-electron chi connectivity index (χ4n) is 3.70. The Morgan fingerprint density at radius 3 is 2.97 bits per heavy atom. The van der Waals surface area contributed by atoms with E-state index in [1.807, 2.05) is 30.0 Å². The van der Waals surface area contributed by atoms with Gasteiger partial charge in [0.05, 0.1) is 18.6 Å². The number of amides is 1. The Kier molecular flexibility index (Phi) is 4.31. The zero-order chi connectivity index (χ0) is 19.8. The molecule has 1 amide bonds. The summed E-state index contributed by atoms with van der Waals surface area (Å²) < 4.78 is 11.0. The molecule has 1 saturated heterocycles. The zero-order valence-corrected chi connectivity index (χ0v) is 15.9. The van der Waals surface area contributed by atoms with Gasteiger partial charge in [0, 0.05) is 36.4 Å². The van der Waals surface area contributed by atoms with Gasteiger partial charge in [0.1, 0.15) is 5.58 Å². The lowest BCUT2D eigenvalue weighted by Gasteiger charge is -2.15. The molecule has 0 N–H and O–H groups in total. The molecule has 1 fully saturated rings. The van der Waals surface area contributed by atoms with E-state index in [4.69, 9.17) is 8.94 Å². The Hall–Kier alpha value is -3.55. The third-order valence-electron chi connectivity index (χ3n) is 5.25. The molecule has 0 spiro atoms. The highest BCUT2D eigenvalue weighted by atomic mass is 16.5. The molecule has 0 unspecified atom stereocenters. The number of carbonyl (C=O) groups excluding carboxylic acids is 1. The molecule has 8 heteroatoms. The maximum Gasteiger partial charge on any atom is 0.240 e. The number of hydrogen-bond donors (Lipinski definition) is 0. The molecule has 3 aromatic heterocycles. The van der Waals surface area contributed by atoms with Gasteiger partial charge >= 0.3 is 0 Å². The van der Waals surface area contributed by atoms with Crippen LogP contribution in [0.4, 0.5) is 0 Å². The molecule has 146 valence electrons. The smallest absolute Gasteiger partial charge is 0.240 e. The summed E-state index contributed by atoms with van der Waals surface area (Å²) >= 11 is 0. The molecule has 0 aliphatic carbocycles. The topological polar surface area (TPSA) is 98.2 Å². The summed E-state index contributed by atoms with van der Waals surface area (Å²) in [5.41, 5.74) is 2.86. The molecular weight excluding hydrogens is 370 g/mol. The number of likely N-dealkylation sites (tertiary alicyclic amines) is 1. The third kappa shape index (κ3) is 3.37. The number of hydrogen-bond acceptors (Lipinski definition) is 7. The minimum absolute atomic E-state index is 0.0210. The van der Waals surface area contributed by atoms with Gasteiger partial charge in [-0.1, -0.05) is 17.3 Å². The van der Waals surface area contributed by atoms with Gasteiger partial charge in [-0.25, -0.2) is 9.97 Å². The van der Waals surface area contributed by atoms with Gasteiger partial charge in [-0.15, -0.1) is 0 Å². The van der Waals surface area contributed by atoms with Crippen LogP contribution in [-0.2, 0) is 11.2 Å². The molecule has 1 aliphatic heterocycles. The number of fused-ring (bicyclic) bond motifs is 1. The van der Waals surface area contributed by atoms with Crippen LogP contribution in [0.25, 0.3) is 22.6 Å². The summed E-state index contributed by atoms with van der Waals surface area (Å²) in [7, 11) is 0. The number of carbonyl (C=O) groups is 1. The van der Waals surface area contributed by atoms with Crippen LogP contribution < -0.4 is 0 Å². The van der Waals surface area contributed by atoms with Crippen molar-refractivity contribution in [1.29, 1.82) is 0 Å². The standard InChI is InChI=1S/C21H19N5O3/c1-13-3-4-16-15(12-28-17(16)9-13)10-18(27)26-8-5-14(11-26)21-24-20(25-29-21)19-22-6-2-7-23-19/h2-4,6-7,9,12,14H,5,8,10-11H2,1H3/t14-/m0/s1. The van der Waals surface area contributed by atoms with Crippen molar-refractivity contribution in [3.63, 3.8) is 0 Å². The van der Waals surface area contributed by atoms with Crippen LogP contribution in [0.2, 0.25) is 0 Å². The van der Waals surface area contributed by atoms with Crippen LogP contribution in [0.3, 0.4) is 0 Å². The summed E-state index contributed by atoms with van der Waals surface area (Å²) in [6.45, 7) is 3.24. The van der Waals surface area contributed by atoms with E-state index >= 15 is 0 Å². The van der Waals surface area contributed by atoms with Crippen LogP contribution in [0.1, 0.15) is 29.4 Å². The molecule has 4 aromatic rings. The minimum atomic E-state index is 0.0210. The summed E-state index contributed by atoms with van der Waals surface area (Å²) in [5, 5.41) is 4.97. The zero-order valence-electron chi connectivity index (χ0n) is 15.9. The quantitative estimate of drug-likeness (QED) is 0.529. The van der Waals surface area contributed by atoms with Crippen molar-refractivity contribution < 1.29 is 13.7 Å². The van der Waals surface area contributed by atoms with Gasteiger partial charge in [-0.2, -0.15) is 4.98 Å². The number of aryl methyl sites for hydroxylation is 1. The fraction of sp³-hybridized carbons (Fsp3) is 0.286. The Morgan fingerprint density at radius 1 is 1.24 bits per heavy atom. The maximum atomic E-state index is 12.8. The van der Waals surface area contributed by atoms with E-state index in [2.05, 4.69) is 20.1 Å². The van der Waals surface area contributed by atoms with Gasteiger partial charge in [0.15, 0.2) is 0 Å². The molecule has 5 rings (SSSR count). The van der Waals surface area contributed by atoms with E-state index in [0.29, 0.717) is 37.0 Å². The molecule has 0 bridgehead atoms. The predicted molar refractivity (Wildman–Crippen MR) is 104 cm³/mol. The van der Waals surface area contributed by atoms with E-state index < -0.39 is 0 Å². The second kappa shape index (κ2) is 7.12. The van der Waals surface area contributed by atoms with Crippen molar-refractivity contribution in [2.75, 3.05) is 13.1 Å². The second-order valence-corrected chi connectivity index (χ2v) is 7.29. The van der Waals surface area contributed by atoms with Crippen molar-refractivity contribution in [3.05, 3.63) is 59.9 Å². The Balaban J connectivity index is 1.27. The van der Waals surface area contributed by atoms with E-state index in [9.17, 15) is 4.79 Å². The Bertz CT molecular complexity index is 1170. The SMILES string of the molecule is Cc1ccc2c(CC(=O)N3CC[C@H](c4nc(-c5ncccn5)no4)C3)coc2c1. The second-order valence-electron chi connectivity index (χ2n) is 7.29. The molecule has 4 heterocycles. The molecular formula is C21H19N5O3. The lowest BCUT2D eigenvalue weighted by molar-refractivity contribution is -0.129. The number of furan rings is 1. The number of rotatable bonds is 4. The summed E-state index contributed by atoms with van der Waals surface area (Å²) in [6.07, 6.45) is 6.05. The van der Waals surface area contributed by atoms with Crippen molar-refractivity contribution in [2.45, 2.75) is 25.7 Å². The Morgan fingerprint density at radius 2 is 2.10 bits per heavy atom. The van der Waals surface area contributed by atoms with Crippen molar-refractivity contribution in [2.24, 2.45) is 0 Å². The van der Waals surface area contributed by atoms with Gasteiger partial charge in [0.25, 0.3) is 0 Å². The lowest BCUT2D eigenvalue weighted by Crippen LogP contribution is -2.29. The highest BCUT2D eigenvalue weighted by molar-refractivity contribution is 5.88. The molecule has 0 radical (unpaired) electrons. The predicted octanol–water partition coefficient (Wildman–Crippen LogP) is 3.14. The summed E-state index contributed by atoms with van der Waals surface area (Å²) in [5.74, 6) is 1.41. The largest absolute Gasteiger partial charge is 0.464 e. The highest BCUT2D eigenvalue weighted by Crippen LogP contribution is 2.29. The van der Waals surface area contributed by atoms with Gasteiger partial charge in [-0.3, -0.25) is 4.79 Å². The van der Waals surface area contributed by atoms with Crippen LogP contribution in [0.15, 0.2) is 51.9 Å². The van der Waals surface area contributed by atoms with Gasteiger partial charge in [0.2, 0.25) is 23.4 Å². The van der Waals surface area contributed by atoms with Crippen molar-refractivity contribution in [1.82, 2.24) is 25.0 Å². The van der Waals surface area contributed by atoms with E-state index in [0.717, 1.165) is 28.5 Å². The first kappa shape index (κ1) is 17.5. The molecule has 1 atom stereocenters. The van der Waals surface area contributed by atoms with Crippen LogP contribution >= 0.6 is 0 Å². The number of aromatic nitrogens is 4. The van der Waals surface area contributed by atoms with E-state index in [-0.39, 0.29) is 11.8 Å². The minimum Gasteiger partial charge on any atom is -0.464 e. The van der Waals surface area contributed by atoms with Crippen LogP contribution in [0.5, 0.6) is 0 Å². The molecule has 8 nitrogen and oxygen atoms in total. The lowest BCUT2D eigenvalue weighted by atomic mass is 10.1. The highest BCUT2D eigenvalue weighted by Gasteiger charge is 2.31. The third-order valence-corrected chi connectivity index (χ3v) is 5.25. The normalized spacial score (nSPS) is 16.6. The molecule has 1 aliphatic rings. The van der Waals surface area contributed by atoms with Gasteiger partial charge < -0.3 is 13.8 Å². The van der Waals surface area contributed by atoms with Crippen LogP contribution in [-0.4, -0.2) is 44.0 Å². The monoisotopic (exact) mass is 389 g/mol. The molecule has 0 saturated carbocycles. The first-order chi connectivity index (χ1) is 14.2. The summed E-state index contributed by atoms with van der Waals surface area (Å²) in [6, 6.07) is 7.75. The average Bonchev–Trinajstić information content (AvgIpc) is 3.48. The number of nitrogens with zero attached hydrogens (tertiary/aromatic N) is 5. The number of benzene rings is 1. The maximum absolute atomic E-state index is 12.8. The Labute approximate surface area is 166 Å². The molecule has 29 heavy (non-hydrogen) atoms. The van der Waals surface area contributed by atoms with E-state index in [1.165, 1.54) is 0 Å². The molecule has 1 aromatic carbocycles. The van der Waals surface area contributed by atoms with Crippen molar-refractivity contribution in [3.8, 4) is 11.6 Å². The van der Waals surface area contributed by atoms with Crippen LogP contribution in [0, 0.1) is 6.92 Å². The van der Waals surface area contributed by atoms with Crippen molar-refractivity contribution >= 4 is 16.9 Å². The first-order valence-corrected chi connectivity index (χ1v) is 9.53. The summed E-state index contributed by atoms with van der Waals surface area (Å²) in [4.78, 5) is 27.4.